The Morgan fingerprint density at radius 2 is 2.25 bits per heavy atom. The summed E-state index contributed by atoms with van der Waals surface area (Å²) < 4.78 is 12.9. The highest BCUT2D eigenvalue weighted by Gasteiger charge is 2.11. The van der Waals surface area contributed by atoms with Gasteiger partial charge in [0.2, 0.25) is 0 Å². The molecule has 1 aromatic rings. The van der Waals surface area contributed by atoms with E-state index in [0.717, 1.165) is 31.2 Å². The number of allylic oxidation sites excluding steroid dienone is 1. The van der Waals surface area contributed by atoms with Crippen molar-refractivity contribution in [3.63, 3.8) is 0 Å². The molecule has 0 saturated heterocycles. The van der Waals surface area contributed by atoms with Crippen molar-refractivity contribution in [1.29, 1.82) is 0 Å². The molecular formula is C13H15ClFN. The lowest BCUT2D eigenvalue weighted by atomic mass is 9.92. The normalized spacial score (nSPS) is 20.7. The molecule has 0 fully saturated rings. The fraction of sp³-hybridized carbons (Fsp3) is 0.385. The molecule has 1 atom stereocenters. The molecule has 1 aromatic carbocycles. The number of benzene rings is 1. The van der Waals surface area contributed by atoms with Crippen LogP contribution < -0.4 is 5.73 Å². The van der Waals surface area contributed by atoms with Gasteiger partial charge in [-0.25, -0.2) is 4.39 Å². The van der Waals surface area contributed by atoms with Crippen LogP contribution in [0.4, 0.5) is 4.39 Å². The Morgan fingerprint density at radius 1 is 1.44 bits per heavy atom. The smallest absolute Gasteiger partial charge is 0.124 e. The van der Waals surface area contributed by atoms with E-state index in [4.69, 9.17) is 17.3 Å². The van der Waals surface area contributed by atoms with E-state index >= 15 is 0 Å². The molecule has 16 heavy (non-hydrogen) atoms. The first-order valence-electron chi connectivity index (χ1n) is 5.54. The molecule has 0 aliphatic heterocycles. The Labute approximate surface area is 100 Å². The zero-order chi connectivity index (χ0) is 11.5. The topological polar surface area (TPSA) is 26.0 Å². The van der Waals surface area contributed by atoms with Gasteiger partial charge < -0.3 is 5.73 Å². The molecule has 0 saturated carbocycles. The van der Waals surface area contributed by atoms with E-state index in [1.165, 1.54) is 17.7 Å². The number of hydrogen-bond acceptors (Lipinski definition) is 1. The van der Waals surface area contributed by atoms with Crippen molar-refractivity contribution in [2.45, 2.75) is 31.7 Å². The second-order valence-electron chi connectivity index (χ2n) is 4.29. The van der Waals surface area contributed by atoms with Crippen LogP contribution in [0.25, 0.3) is 0 Å². The maximum atomic E-state index is 12.9. The van der Waals surface area contributed by atoms with Crippen LogP contribution in [0.3, 0.4) is 0 Å². The van der Waals surface area contributed by atoms with Gasteiger partial charge >= 0.3 is 0 Å². The summed E-state index contributed by atoms with van der Waals surface area (Å²) in [4.78, 5) is 0. The molecule has 0 aromatic heterocycles. The van der Waals surface area contributed by atoms with Gasteiger partial charge in [0.05, 0.1) is 0 Å². The Bertz CT molecular complexity index is 414. The lowest BCUT2D eigenvalue weighted by molar-refractivity contribution is 0.615. The molecule has 1 unspecified atom stereocenters. The van der Waals surface area contributed by atoms with Gasteiger partial charge in [-0.3, -0.25) is 0 Å². The molecule has 86 valence electrons. The molecule has 0 radical (unpaired) electrons. The summed E-state index contributed by atoms with van der Waals surface area (Å²) in [6.45, 7) is 0. The van der Waals surface area contributed by atoms with Crippen molar-refractivity contribution >= 4 is 11.6 Å². The van der Waals surface area contributed by atoms with Gasteiger partial charge in [-0.05, 0) is 43.4 Å². The van der Waals surface area contributed by atoms with E-state index in [9.17, 15) is 4.39 Å². The van der Waals surface area contributed by atoms with Gasteiger partial charge in [0, 0.05) is 11.1 Å². The Hall–Kier alpha value is -0.860. The average molecular weight is 240 g/mol. The van der Waals surface area contributed by atoms with Crippen molar-refractivity contribution in [2.24, 2.45) is 5.73 Å². The molecule has 0 spiro atoms. The van der Waals surface area contributed by atoms with Crippen LogP contribution in [0.5, 0.6) is 0 Å². The fourth-order valence-electron chi connectivity index (χ4n) is 2.09. The van der Waals surface area contributed by atoms with Crippen molar-refractivity contribution in [2.75, 3.05) is 0 Å². The molecule has 0 bridgehead atoms. The largest absolute Gasteiger partial charge is 0.324 e. The quantitative estimate of drug-likeness (QED) is 0.786. The van der Waals surface area contributed by atoms with Gasteiger partial charge in [0.25, 0.3) is 0 Å². The zero-order valence-corrected chi connectivity index (χ0v) is 9.80. The van der Waals surface area contributed by atoms with Crippen molar-refractivity contribution in [3.8, 4) is 0 Å². The van der Waals surface area contributed by atoms with Crippen molar-refractivity contribution < 1.29 is 4.39 Å². The molecule has 3 heteroatoms. The highest BCUT2D eigenvalue weighted by Crippen LogP contribution is 2.25. The monoisotopic (exact) mass is 239 g/mol. The molecule has 2 rings (SSSR count). The first-order chi connectivity index (χ1) is 7.65. The number of hydrogen-bond donors (Lipinski definition) is 1. The minimum absolute atomic E-state index is 0.169. The van der Waals surface area contributed by atoms with E-state index in [-0.39, 0.29) is 11.9 Å². The Balaban J connectivity index is 2.14. The summed E-state index contributed by atoms with van der Waals surface area (Å²) >= 11 is 5.99. The van der Waals surface area contributed by atoms with E-state index < -0.39 is 0 Å². The molecular weight excluding hydrogens is 225 g/mol. The maximum absolute atomic E-state index is 12.9. The standard InChI is InChI=1S/C13H15ClFN/c14-13-8-11(15)5-4-10(13)6-9-2-1-3-12(16)7-9/h4-5,7-8,12H,1-3,6,16H2. The predicted octanol–water partition coefficient (Wildman–Crippen LogP) is 3.46. The highest BCUT2D eigenvalue weighted by atomic mass is 35.5. The van der Waals surface area contributed by atoms with Crippen molar-refractivity contribution in [3.05, 3.63) is 46.3 Å². The molecule has 2 N–H and O–H groups in total. The fourth-order valence-corrected chi connectivity index (χ4v) is 2.33. The van der Waals surface area contributed by atoms with Crippen LogP contribution in [0.2, 0.25) is 5.02 Å². The third-order valence-corrected chi connectivity index (χ3v) is 3.27. The Morgan fingerprint density at radius 3 is 2.94 bits per heavy atom. The van der Waals surface area contributed by atoms with Gasteiger partial charge in [-0.1, -0.05) is 29.3 Å². The lowest BCUT2D eigenvalue weighted by Gasteiger charge is -2.18. The molecule has 1 nitrogen and oxygen atoms in total. The first-order valence-corrected chi connectivity index (χ1v) is 5.92. The third-order valence-electron chi connectivity index (χ3n) is 2.92. The summed E-state index contributed by atoms with van der Waals surface area (Å²) in [6.07, 6.45) is 6.16. The summed E-state index contributed by atoms with van der Waals surface area (Å²) in [5.41, 5.74) is 8.16. The number of halogens is 2. The zero-order valence-electron chi connectivity index (χ0n) is 9.05. The minimum Gasteiger partial charge on any atom is -0.324 e. The second kappa shape index (κ2) is 4.98. The average Bonchev–Trinajstić information content (AvgIpc) is 2.22. The van der Waals surface area contributed by atoms with E-state index in [1.54, 1.807) is 6.07 Å². The number of nitrogens with two attached hydrogens (primary N) is 1. The van der Waals surface area contributed by atoms with Crippen LogP contribution in [0.15, 0.2) is 29.8 Å². The van der Waals surface area contributed by atoms with Crippen LogP contribution in [0.1, 0.15) is 24.8 Å². The second-order valence-corrected chi connectivity index (χ2v) is 4.70. The predicted molar refractivity (Wildman–Crippen MR) is 65.0 cm³/mol. The van der Waals surface area contributed by atoms with Crippen LogP contribution >= 0.6 is 11.6 Å². The van der Waals surface area contributed by atoms with Crippen LogP contribution in [-0.2, 0) is 6.42 Å². The van der Waals surface area contributed by atoms with Gasteiger partial charge in [0.1, 0.15) is 5.82 Å². The van der Waals surface area contributed by atoms with Crippen molar-refractivity contribution in [1.82, 2.24) is 0 Å². The van der Waals surface area contributed by atoms with E-state index in [0.29, 0.717) is 5.02 Å². The van der Waals surface area contributed by atoms with Gasteiger partial charge in [0.15, 0.2) is 0 Å². The number of rotatable bonds is 2. The minimum atomic E-state index is -0.289. The van der Waals surface area contributed by atoms with Crippen LogP contribution in [-0.4, -0.2) is 6.04 Å². The summed E-state index contributed by atoms with van der Waals surface area (Å²) in [7, 11) is 0. The summed E-state index contributed by atoms with van der Waals surface area (Å²) in [6, 6.07) is 4.73. The first kappa shape index (κ1) is 11.6. The van der Waals surface area contributed by atoms with E-state index in [2.05, 4.69) is 6.08 Å². The van der Waals surface area contributed by atoms with E-state index in [1.807, 2.05) is 0 Å². The third kappa shape index (κ3) is 2.83. The summed E-state index contributed by atoms with van der Waals surface area (Å²) in [5.74, 6) is -0.289. The SMILES string of the molecule is NC1C=C(Cc2ccc(F)cc2Cl)CCC1. The lowest BCUT2D eigenvalue weighted by Crippen LogP contribution is -2.20. The highest BCUT2D eigenvalue weighted by molar-refractivity contribution is 6.31. The molecule has 1 aliphatic rings. The molecule has 0 amide bonds. The maximum Gasteiger partial charge on any atom is 0.124 e. The van der Waals surface area contributed by atoms with Crippen LogP contribution in [0, 0.1) is 5.82 Å². The summed E-state index contributed by atoms with van der Waals surface area (Å²) in [5, 5.41) is 0.500. The Kier molecular flexibility index (Phi) is 3.62. The molecule has 0 heterocycles. The van der Waals surface area contributed by atoms with Gasteiger partial charge in [-0.2, -0.15) is 0 Å². The molecule has 1 aliphatic carbocycles. The van der Waals surface area contributed by atoms with Gasteiger partial charge in [-0.15, -0.1) is 0 Å².